The minimum absolute atomic E-state index is 0. The van der Waals surface area contributed by atoms with Crippen LogP contribution in [0.2, 0.25) is 0 Å². The average molecular weight is 538 g/mol. The van der Waals surface area contributed by atoms with E-state index in [1.54, 1.807) is 19.0 Å². The number of rotatable bonds is 8. The molecule has 1 saturated carbocycles. The topological polar surface area (TPSA) is 56.7 Å². The van der Waals surface area contributed by atoms with E-state index in [2.05, 4.69) is 58.9 Å². The fourth-order valence-electron chi connectivity index (χ4n) is 2.91. The van der Waals surface area contributed by atoms with Crippen LogP contribution in [0.5, 0.6) is 0 Å². The lowest BCUT2D eigenvalue weighted by Crippen LogP contribution is -2.43. The Labute approximate surface area is 201 Å². The average Bonchev–Trinajstić information content (AvgIpc) is 3.50. The van der Waals surface area contributed by atoms with E-state index in [9.17, 15) is 4.79 Å². The number of guanidine groups is 1. The Balaban J connectivity index is 0.00000320. The minimum atomic E-state index is -0.0155. The summed E-state index contributed by atoms with van der Waals surface area (Å²) < 4.78 is 0.200. The zero-order valence-corrected chi connectivity index (χ0v) is 20.9. The first-order valence-corrected chi connectivity index (χ1v) is 10.8. The Morgan fingerprint density at radius 1 is 1.10 bits per heavy atom. The third-order valence-electron chi connectivity index (χ3n) is 4.99. The molecule has 1 fully saturated rings. The van der Waals surface area contributed by atoms with Crippen LogP contribution in [0.3, 0.4) is 0 Å². The van der Waals surface area contributed by atoms with Crippen molar-refractivity contribution < 1.29 is 4.79 Å². The normalized spacial score (nSPS) is 15.5. The summed E-state index contributed by atoms with van der Waals surface area (Å²) in [6.45, 7) is 3.05. The number of carbonyl (C=O) groups excluding carboxylic acids is 1. The molecule has 0 saturated heterocycles. The molecule has 1 amide bonds. The van der Waals surface area contributed by atoms with Crippen LogP contribution >= 0.6 is 35.7 Å². The first-order chi connectivity index (χ1) is 14.0. The number of thioether (sulfide) groups is 1. The summed E-state index contributed by atoms with van der Waals surface area (Å²) in [5.41, 5.74) is 1.18. The molecule has 2 N–H and O–H groups in total. The Morgan fingerprint density at radius 2 is 1.70 bits per heavy atom. The fraction of sp³-hybridized carbons (Fsp3) is 0.391. The van der Waals surface area contributed by atoms with Crippen molar-refractivity contribution in [1.29, 1.82) is 0 Å². The molecule has 1 aliphatic rings. The van der Waals surface area contributed by atoms with Crippen molar-refractivity contribution >= 4 is 47.6 Å². The van der Waals surface area contributed by atoms with Crippen LogP contribution < -0.4 is 10.6 Å². The lowest BCUT2D eigenvalue weighted by Gasteiger charge is -2.22. The van der Waals surface area contributed by atoms with Gasteiger partial charge in [-0.2, -0.15) is 0 Å². The third kappa shape index (κ3) is 7.50. The molecule has 1 aliphatic carbocycles. The molecule has 30 heavy (non-hydrogen) atoms. The second-order valence-corrected chi connectivity index (χ2v) is 9.22. The first kappa shape index (κ1) is 24.5. The first-order valence-electron chi connectivity index (χ1n) is 10.0. The second kappa shape index (κ2) is 11.6. The SMILES string of the molecule is CC(NC(=NCC(=O)N(C)C)NCC1(Sc2ccccc2)CC1)c1ccccc1.I. The van der Waals surface area contributed by atoms with E-state index in [1.807, 2.05) is 36.0 Å². The standard InChI is InChI=1S/C23H30N4OS.HI/c1-18(19-10-6-4-7-11-19)26-22(24-16-21(28)27(2)3)25-17-23(14-15-23)29-20-12-8-5-9-13-20;/h4-13,18H,14-17H2,1-3H3,(H2,24,25,26);1H. The fourth-order valence-corrected chi connectivity index (χ4v) is 4.15. The van der Waals surface area contributed by atoms with Crippen molar-refractivity contribution in [3.63, 3.8) is 0 Å². The van der Waals surface area contributed by atoms with Crippen molar-refractivity contribution in [2.24, 2.45) is 4.99 Å². The molecule has 0 radical (unpaired) electrons. The van der Waals surface area contributed by atoms with Crippen LogP contribution in [0.1, 0.15) is 31.4 Å². The van der Waals surface area contributed by atoms with Gasteiger partial charge in [0, 0.05) is 30.3 Å². The molecule has 0 aliphatic heterocycles. The highest BCUT2D eigenvalue weighted by atomic mass is 127. The summed E-state index contributed by atoms with van der Waals surface area (Å²) in [4.78, 5) is 19.4. The highest BCUT2D eigenvalue weighted by molar-refractivity contribution is 14.0. The van der Waals surface area contributed by atoms with Gasteiger partial charge in [0.15, 0.2) is 5.96 Å². The zero-order valence-electron chi connectivity index (χ0n) is 17.8. The Kier molecular flexibility index (Phi) is 9.48. The monoisotopic (exact) mass is 538 g/mol. The van der Waals surface area contributed by atoms with Gasteiger partial charge in [0.1, 0.15) is 6.54 Å². The maximum Gasteiger partial charge on any atom is 0.243 e. The number of halogens is 1. The van der Waals surface area contributed by atoms with Crippen molar-refractivity contribution in [1.82, 2.24) is 15.5 Å². The number of nitrogens with one attached hydrogen (secondary N) is 2. The van der Waals surface area contributed by atoms with Crippen molar-refractivity contribution in [2.45, 2.75) is 35.4 Å². The quantitative estimate of drug-likeness (QED) is 0.299. The number of benzene rings is 2. The van der Waals surface area contributed by atoms with Crippen molar-refractivity contribution in [3.05, 3.63) is 66.2 Å². The molecule has 1 unspecified atom stereocenters. The molecule has 0 spiro atoms. The highest BCUT2D eigenvalue weighted by Crippen LogP contribution is 2.51. The number of carbonyl (C=O) groups is 1. The predicted molar refractivity (Wildman–Crippen MR) is 137 cm³/mol. The maximum absolute atomic E-state index is 12.0. The van der Waals surface area contributed by atoms with Gasteiger partial charge >= 0.3 is 0 Å². The van der Waals surface area contributed by atoms with Gasteiger partial charge in [-0.1, -0.05) is 48.5 Å². The van der Waals surface area contributed by atoms with Gasteiger partial charge in [0.2, 0.25) is 5.91 Å². The van der Waals surface area contributed by atoms with E-state index in [4.69, 9.17) is 0 Å². The van der Waals surface area contributed by atoms with Crippen molar-refractivity contribution in [3.8, 4) is 0 Å². The van der Waals surface area contributed by atoms with Gasteiger partial charge in [-0.3, -0.25) is 4.79 Å². The predicted octanol–water partition coefficient (Wildman–Crippen LogP) is 4.31. The van der Waals surface area contributed by atoms with Crippen LogP contribution in [0.15, 0.2) is 70.6 Å². The molecule has 162 valence electrons. The lowest BCUT2D eigenvalue weighted by atomic mass is 10.1. The smallest absolute Gasteiger partial charge is 0.243 e. The zero-order chi connectivity index (χ0) is 20.7. The number of hydrogen-bond acceptors (Lipinski definition) is 3. The molecular weight excluding hydrogens is 507 g/mol. The molecule has 2 aromatic carbocycles. The van der Waals surface area contributed by atoms with Gasteiger partial charge in [0.05, 0.1) is 6.04 Å². The largest absolute Gasteiger partial charge is 0.355 e. The van der Waals surface area contributed by atoms with Crippen LogP contribution in [0.25, 0.3) is 0 Å². The van der Waals surface area contributed by atoms with E-state index in [0.717, 1.165) is 6.54 Å². The van der Waals surface area contributed by atoms with Gasteiger partial charge in [-0.05, 0) is 37.5 Å². The Morgan fingerprint density at radius 3 is 2.27 bits per heavy atom. The molecule has 2 aromatic rings. The number of aliphatic imine (C=N–C) groups is 1. The molecule has 3 rings (SSSR count). The van der Waals surface area contributed by atoms with E-state index in [0.29, 0.717) is 5.96 Å². The Bertz CT molecular complexity index is 826. The van der Waals surface area contributed by atoms with Crippen LogP contribution in [0, 0.1) is 0 Å². The molecule has 7 heteroatoms. The number of amides is 1. The molecular formula is C23H31IN4OS. The highest BCUT2D eigenvalue weighted by Gasteiger charge is 2.43. The van der Waals surface area contributed by atoms with Gasteiger partial charge < -0.3 is 15.5 Å². The van der Waals surface area contributed by atoms with Gasteiger partial charge in [-0.25, -0.2) is 4.99 Å². The van der Waals surface area contributed by atoms with Crippen LogP contribution in [0.4, 0.5) is 0 Å². The summed E-state index contributed by atoms with van der Waals surface area (Å²) in [5, 5.41) is 6.94. The molecule has 5 nitrogen and oxygen atoms in total. The van der Waals surface area contributed by atoms with Crippen LogP contribution in [-0.2, 0) is 4.79 Å². The Hall–Kier alpha value is -1.74. The maximum atomic E-state index is 12.0. The molecule has 0 heterocycles. The second-order valence-electron chi connectivity index (χ2n) is 7.68. The summed E-state index contributed by atoms with van der Waals surface area (Å²) >= 11 is 1.92. The number of hydrogen-bond donors (Lipinski definition) is 2. The van der Waals surface area contributed by atoms with Crippen molar-refractivity contribution in [2.75, 3.05) is 27.2 Å². The lowest BCUT2D eigenvalue weighted by molar-refractivity contribution is -0.127. The number of nitrogens with zero attached hydrogens (tertiary/aromatic N) is 2. The number of likely N-dealkylation sites (N-methyl/N-ethyl adjacent to an activating group) is 1. The summed E-state index contributed by atoms with van der Waals surface area (Å²) in [5.74, 6) is 0.662. The van der Waals surface area contributed by atoms with Crippen LogP contribution in [-0.4, -0.2) is 48.7 Å². The van der Waals surface area contributed by atoms with Gasteiger partial charge in [-0.15, -0.1) is 35.7 Å². The summed E-state index contributed by atoms with van der Waals surface area (Å²) in [6, 6.07) is 20.9. The summed E-state index contributed by atoms with van der Waals surface area (Å²) in [7, 11) is 3.50. The van der Waals surface area contributed by atoms with E-state index in [1.165, 1.54) is 23.3 Å². The summed E-state index contributed by atoms with van der Waals surface area (Å²) in [6.07, 6.45) is 2.36. The van der Waals surface area contributed by atoms with E-state index in [-0.39, 0.29) is 47.2 Å². The van der Waals surface area contributed by atoms with E-state index >= 15 is 0 Å². The molecule has 0 bridgehead atoms. The minimum Gasteiger partial charge on any atom is -0.355 e. The van der Waals surface area contributed by atoms with E-state index < -0.39 is 0 Å². The molecule has 0 aromatic heterocycles. The third-order valence-corrected chi connectivity index (χ3v) is 6.48. The van der Waals surface area contributed by atoms with Gasteiger partial charge in [0.25, 0.3) is 0 Å². The molecule has 1 atom stereocenters.